The normalized spacial score (nSPS) is 19.3. The number of anilines is 1. The molecule has 0 unspecified atom stereocenters. The van der Waals surface area contributed by atoms with Crippen molar-refractivity contribution in [1.29, 1.82) is 0 Å². The molecule has 0 aliphatic carbocycles. The summed E-state index contributed by atoms with van der Waals surface area (Å²) in [6.45, 7) is 7.94. The summed E-state index contributed by atoms with van der Waals surface area (Å²) in [7, 11) is 0. The Morgan fingerprint density at radius 2 is 1.60 bits per heavy atom. The predicted molar refractivity (Wildman–Crippen MR) is 112 cm³/mol. The molecule has 30 heavy (non-hydrogen) atoms. The summed E-state index contributed by atoms with van der Waals surface area (Å²) in [5.41, 5.74) is 3.63. The lowest BCUT2D eigenvalue weighted by atomic mass is 10.1. The fourth-order valence-corrected chi connectivity index (χ4v) is 4.33. The van der Waals surface area contributed by atoms with E-state index in [1.165, 1.54) is 11.1 Å². The van der Waals surface area contributed by atoms with Crippen LogP contribution in [-0.2, 0) is 11.3 Å². The maximum Gasteiger partial charge on any atom is 0.300 e. The number of Topliss-reactive ketones (excluding diaryl/α,β-unsaturated/α-hetero) is 1. The molecule has 7 heteroatoms. The van der Waals surface area contributed by atoms with Crippen LogP contribution >= 0.6 is 0 Å². The Labute approximate surface area is 175 Å². The van der Waals surface area contributed by atoms with Gasteiger partial charge in [0.05, 0.1) is 17.9 Å². The number of amides is 1. The van der Waals surface area contributed by atoms with E-state index < -0.39 is 11.7 Å². The number of fused-ring (bicyclic) bond motifs is 2. The van der Waals surface area contributed by atoms with Crippen LogP contribution < -0.4 is 14.4 Å². The van der Waals surface area contributed by atoms with Crippen LogP contribution in [0.3, 0.4) is 0 Å². The van der Waals surface area contributed by atoms with Gasteiger partial charge >= 0.3 is 5.91 Å². The molecule has 7 nitrogen and oxygen atoms in total. The van der Waals surface area contributed by atoms with Gasteiger partial charge in [-0.15, -0.1) is 0 Å². The Hall–Kier alpha value is -2.90. The molecule has 0 N–H and O–H groups in total. The quantitative estimate of drug-likeness (QED) is 0.724. The molecule has 0 saturated carbocycles. The van der Waals surface area contributed by atoms with E-state index in [0.717, 1.165) is 32.7 Å². The maximum atomic E-state index is 12.6. The molecule has 5 rings (SSSR count). The number of carbonyl (C=O) groups is 2. The first-order valence-electron chi connectivity index (χ1n) is 10.4. The lowest BCUT2D eigenvalue weighted by Crippen LogP contribution is -2.50. The highest BCUT2D eigenvalue weighted by Gasteiger charge is 2.38. The van der Waals surface area contributed by atoms with Crippen LogP contribution in [0.2, 0.25) is 0 Å². The zero-order chi connectivity index (χ0) is 20.7. The Balaban J connectivity index is 1.25. The van der Waals surface area contributed by atoms with Gasteiger partial charge in [0.25, 0.3) is 5.78 Å². The third kappa shape index (κ3) is 3.55. The average molecular weight is 407 g/mol. The SMILES string of the molecule is Cc1cccc(CN2CCN(CN3C(=O)C(=O)c4cc5c(cc43)OCCO5)CC2)c1. The minimum atomic E-state index is -0.477. The summed E-state index contributed by atoms with van der Waals surface area (Å²) in [6, 6.07) is 12.0. The van der Waals surface area contributed by atoms with Crippen molar-refractivity contribution >= 4 is 17.4 Å². The van der Waals surface area contributed by atoms with Crippen LogP contribution in [0.25, 0.3) is 0 Å². The summed E-state index contributed by atoms with van der Waals surface area (Å²) in [5, 5.41) is 0. The number of carbonyl (C=O) groups excluding carboxylic acids is 2. The van der Waals surface area contributed by atoms with Gasteiger partial charge in [0.1, 0.15) is 13.2 Å². The first kappa shape index (κ1) is 19.1. The van der Waals surface area contributed by atoms with E-state index in [4.69, 9.17) is 9.47 Å². The summed E-state index contributed by atoms with van der Waals surface area (Å²) in [4.78, 5) is 31.4. The molecule has 3 aliphatic heterocycles. The van der Waals surface area contributed by atoms with E-state index in [9.17, 15) is 9.59 Å². The second-order valence-corrected chi connectivity index (χ2v) is 8.10. The minimum Gasteiger partial charge on any atom is -0.486 e. The summed E-state index contributed by atoms with van der Waals surface area (Å²) in [6.07, 6.45) is 0. The smallest absolute Gasteiger partial charge is 0.300 e. The van der Waals surface area contributed by atoms with Crippen LogP contribution in [0.4, 0.5) is 5.69 Å². The summed E-state index contributed by atoms with van der Waals surface area (Å²) >= 11 is 0. The molecule has 2 aromatic carbocycles. The van der Waals surface area contributed by atoms with Gasteiger partial charge in [0.15, 0.2) is 11.5 Å². The number of ether oxygens (including phenoxy) is 2. The molecule has 0 radical (unpaired) electrons. The van der Waals surface area contributed by atoms with E-state index in [1.807, 2.05) is 0 Å². The highest BCUT2D eigenvalue weighted by Crippen LogP contribution is 2.40. The van der Waals surface area contributed by atoms with Gasteiger partial charge in [0, 0.05) is 38.8 Å². The van der Waals surface area contributed by atoms with Gasteiger partial charge < -0.3 is 9.47 Å². The maximum absolute atomic E-state index is 12.6. The molecule has 1 fully saturated rings. The number of hydrogen-bond acceptors (Lipinski definition) is 6. The Morgan fingerprint density at radius 1 is 0.900 bits per heavy atom. The Morgan fingerprint density at radius 3 is 2.33 bits per heavy atom. The summed E-state index contributed by atoms with van der Waals surface area (Å²) in [5.74, 6) is 0.179. The Kier molecular flexibility index (Phi) is 4.92. The molecule has 156 valence electrons. The van der Waals surface area contributed by atoms with Gasteiger partial charge in [-0.1, -0.05) is 29.8 Å². The zero-order valence-electron chi connectivity index (χ0n) is 17.1. The predicted octanol–water partition coefficient (Wildman–Crippen LogP) is 2.07. The molecular formula is C23H25N3O4. The molecule has 1 amide bonds. The molecule has 3 aliphatic rings. The van der Waals surface area contributed by atoms with Crippen LogP contribution in [0.15, 0.2) is 36.4 Å². The number of piperazine rings is 1. The first-order chi connectivity index (χ1) is 14.6. The van der Waals surface area contributed by atoms with Crippen LogP contribution in [0.5, 0.6) is 11.5 Å². The van der Waals surface area contributed by atoms with Crippen molar-refractivity contribution in [2.45, 2.75) is 13.5 Å². The van der Waals surface area contributed by atoms with Crippen LogP contribution in [0.1, 0.15) is 21.5 Å². The van der Waals surface area contributed by atoms with Crippen molar-refractivity contribution in [3.63, 3.8) is 0 Å². The lowest BCUT2D eigenvalue weighted by molar-refractivity contribution is -0.114. The van der Waals surface area contributed by atoms with Crippen molar-refractivity contribution in [2.75, 3.05) is 51.0 Å². The van der Waals surface area contributed by atoms with Gasteiger partial charge in [-0.05, 0) is 18.6 Å². The Bertz CT molecular complexity index is 998. The van der Waals surface area contributed by atoms with E-state index >= 15 is 0 Å². The molecule has 0 bridgehead atoms. The molecule has 2 aromatic rings. The van der Waals surface area contributed by atoms with Crippen molar-refractivity contribution < 1.29 is 19.1 Å². The van der Waals surface area contributed by atoms with Crippen molar-refractivity contribution in [3.8, 4) is 11.5 Å². The summed E-state index contributed by atoms with van der Waals surface area (Å²) < 4.78 is 11.2. The van der Waals surface area contributed by atoms with Crippen molar-refractivity contribution in [3.05, 3.63) is 53.1 Å². The monoisotopic (exact) mass is 407 g/mol. The molecule has 1 saturated heterocycles. The van der Waals surface area contributed by atoms with Gasteiger partial charge in [-0.25, -0.2) is 0 Å². The van der Waals surface area contributed by atoms with Gasteiger partial charge in [-0.3, -0.25) is 24.3 Å². The molecule has 0 atom stereocenters. The number of aryl methyl sites for hydroxylation is 1. The van der Waals surface area contributed by atoms with Crippen molar-refractivity contribution in [1.82, 2.24) is 9.80 Å². The standard InChI is InChI=1S/C23H25N3O4/c1-16-3-2-4-17(11-16)14-24-5-7-25(8-6-24)15-26-19-13-21-20(29-9-10-30-21)12-18(19)22(27)23(26)28/h2-4,11-13H,5-10,14-15H2,1H3. The average Bonchev–Trinajstić information content (AvgIpc) is 2.98. The minimum absolute atomic E-state index is 0.405. The topological polar surface area (TPSA) is 62.3 Å². The number of rotatable bonds is 4. The third-order valence-corrected chi connectivity index (χ3v) is 5.93. The van der Waals surface area contributed by atoms with E-state index in [0.29, 0.717) is 42.6 Å². The first-order valence-corrected chi connectivity index (χ1v) is 10.4. The fraction of sp³-hybridized carbons (Fsp3) is 0.391. The van der Waals surface area contributed by atoms with Crippen LogP contribution in [0, 0.1) is 6.92 Å². The lowest BCUT2D eigenvalue weighted by Gasteiger charge is -2.36. The fourth-order valence-electron chi connectivity index (χ4n) is 4.33. The largest absolute Gasteiger partial charge is 0.486 e. The third-order valence-electron chi connectivity index (χ3n) is 5.93. The number of benzene rings is 2. The van der Waals surface area contributed by atoms with Gasteiger partial charge in [-0.2, -0.15) is 0 Å². The van der Waals surface area contributed by atoms with Crippen molar-refractivity contribution in [2.24, 2.45) is 0 Å². The molecule has 3 heterocycles. The zero-order valence-corrected chi connectivity index (χ0v) is 17.1. The molecule has 0 aromatic heterocycles. The highest BCUT2D eigenvalue weighted by molar-refractivity contribution is 6.52. The van der Waals surface area contributed by atoms with Crippen LogP contribution in [-0.4, -0.2) is 67.6 Å². The van der Waals surface area contributed by atoms with Gasteiger partial charge in [0.2, 0.25) is 0 Å². The number of ketones is 1. The van der Waals surface area contributed by atoms with E-state index in [-0.39, 0.29) is 0 Å². The number of hydrogen-bond donors (Lipinski definition) is 0. The molecule has 0 spiro atoms. The highest BCUT2D eigenvalue weighted by atomic mass is 16.6. The second-order valence-electron chi connectivity index (χ2n) is 8.10. The van der Waals surface area contributed by atoms with E-state index in [1.54, 1.807) is 17.0 Å². The number of nitrogens with zero attached hydrogens (tertiary/aromatic N) is 3. The second kappa shape index (κ2) is 7.74. The van der Waals surface area contributed by atoms with E-state index in [2.05, 4.69) is 41.0 Å². The molecular weight excluding hydrogens is 382 g/mol.